The van der Waals surface area contributed by atoms with Crippen molar-refractivity contribution in [1.29, 1.82) is 0 Å². The van der Waals surface area contributed by atoms with E-state index in [0.717, 1.165) is 5.56 Å². The molecule has 0 saturated heterocycles. The van der Waals surface area contributed by atoms with E-state index in [9.17, 15) is 0 Å². The van der Waals surface area contributed by atoms with E-state index in [4.69, 9.17) is 122 Å². The summed E-state index contributed by atoms with van der Waals surface area (Å²) in [6, 6.07) is 28.0. The van der Waals surface area contributed by atoms with Crippen LogP contribution in [0.4, 0.5) is 0 Å². The minimum absolute atomic E-state index is 0.0770. The molecule has 0 bridgehead atoms. The first-order valence-corrected chi connectivity index (χ1v) is 24.4. The van der Waals surface area contributed by atoms with E-state index in [1.54, 1.807) is 79.9 Å². The van der Waals surface area contributed by atoms with Gasteiger partial charge in [-0.05, 0) is 94.9 Å². The van der Waals surface area contributed by atoms with Crippen molar-refractivity contribution in [3.8, 4) is 74.0 Å². The second-order valence-corrected chi connectivity index (χ2v) is 21.0. The van der Waals surface area contributed by atoms with E-state index in [0.29, 0.717) is 91.4 Å². The summed E-state index contributed by atoms with van der Waals surface area (Å²) in [5, 5.41) is 0. The van der Waals surface area contributed by atoms with Crippen molar-refractivity contribution in [1.82, 2.24) is 4.57 Å². The van der Waals surface area contributed by atoms with Crippen LogP contribution in [0.5, 0.6) is 51.7 Å². The van der Waals surface area contributed by atoms with Gasteiger partial charge in [0.2, 0.25) is 7.59 Å². The molecular weight excluding hydrogens is 1070 g/mol. The standard InChI is InChI=1S/C53H53Cl6NO13/c1-63-35-16-10-30(11-17-35)22-23-60-48(46(50(61)72-28-52(54,55)56)33-14-20-38(66-4)42(26-33)70-8)44(31-12-18-36(64-2)40(24-31)68-6)45(32-13-19-37(65-3)41(25-32)69-7)49(60)47(51(62)73-29-53(57,58)59)34-15-21-39(67-5)43(27-34)71-9/h10-21,24-27,46-47H,22-23,28-29H2,1-9H3. The first kappa shape index (κ1) is 56.6. The van der Waals surface area contributed by atoms with Crippen LogP contribution in [0.15, 0.2) is 97.1 Å². The van der Waals surface area contributed by atoms with Gasteiger partial charge >= 0.3 is 11.9 Å². The molecule has 0 aliphatic carbocycles. The largest absolute Gasteiger partial charge is 0.497 e. The van der Waals surface area contributed by atoms with E-state index >= 15 is 9.59 Å². The first-order valence-electron chi connectivity index (χ1n) is 22.1. The molecule has 5 aromatic carbocycles. The van der Waals surface area contributed by atoms with Crippen molar-refractivity contribution < 1.29 is 61.7 Å². The molecular formula is C53H53Cl6NO13. The number of aryl methyl sites for hydroxylation is 1. The maximum atomic E-state index is 15.5. The number of carbonyl (C=O) groups is 2. The molecule has 0 amide bonds. The lowest BCUT2D eigenvalue weighted by Gasteiger charge is -2.26. The highest BCUT2D eigenvalue weighted by molar-refractivity contribution is 6.68. The molecule has 2 unspecified atom stereocenters. The number of aromatic nitrogens is 1. The Hall–Kier alpha value is -5.74. The molecule has 0 N–H and O–H groups in total. The number of carbonyl (C=O) groups excluding carboxylic acids is 2. The molecule has 2 atom stereocenters. The fourth-order valence-electron chi connectivity index (χ4n) is 8.45. The second kappa shape index (κ2) is 25.0. The maximum absolute atomic E-state index is 15.5. The normalized spacial score (nSPS) is 12.3. The smallest absolute Gasteiger partial charge is 0.319 e. The monoisotopic (exact) mass is 1120 g/mol. The van der Waals surface area contributed by atoms with E-state index in [1.807, 2.05) is 28.8 Å². The fourth-order valence-corrected chi connectivity index (χ4v) is 8.77. The molecule has 0 saturated carbocycles. The van der Waals surface area contributed by atoms with Gasteiger partial charge in [-0.3, -0.25) is 9.59 Å². The number of halogens is 6. The van der Waals surface area contributed by atoms with Gasteiger partial charge in [0, 0.05) is 29.1 Å². The minimum atomic E-state index is -2.03. The van der Waals surface area contributed by atoms with Crippen molar-refractivity contribution in [2.45, 2.75) is 32.4 Å². The summed E-state index contributed by atoms with van der Waals surface area (Å²) in [5.41, 5.74) is 3.93. The molecule has 0 aliphatic rings. The summed E-state index contributed by atoms with van der Waals surface area (Å²) in [5.74, 6) is -1.15. The number of methoxy groups -OCH3 is 9. The van der Waals surface area contributed by atoms with E-state index in [1.165, 1.54) is 56.9 Å². The van der Waals surface area contributed by atoms with Crippen LogP contribution in [0.2, 0.25) is 0 Å². The van der Waals surface area contributed by atoms with Crippen LogP contribution in [0.25, 0.3) is 22.3 Å². The molecule has 20 heteroatoms. The molecule has 14 nitrogen and oxygen atoms in total. The molecule has 0 aliphatic heterocycles. The summed E-state index contributed by atoms with van der Waals surface area (Å²) in [6.07, 6.45) is 0.305. The summed E-state index contributed by atoms with van der Waals surface area (Å²) < 4.78 is 61.5. The molecule has 0 radical (unpaired) electrons. The molecule has 1 aromatic heterocycles. The van der Waals surface area contributed by atoms with Crippen molar-refractivity contribution in [3.63, 3.8) is 0 Å². The van der Waals surface area contributed by atoms with Crippen LogP contribution in [0.3, 0.4) is 0 Å². The van der Waals surface area contributed by atoms with E-state index in [2.05, 4.69) is 0 Å². The van der Waals surface area contributed by atoms with Gasteiger partial charge in [0.25, 0.3) is 0 Å². The fraction of sp³-hybridized carbons (Fsp3) is 0.321. The van der Waals surface area contributed by atoms with Gasteiger partial charge in [0.05, 0.1) is 64.0 Å². The average Bonchev–Trinajstić information content (AvgIpc) is 3.71. The van der Waals surface area contributed by atoms with Crippen molar-refractivity contribution in [3.05, 3.63) is 125 Å². The molecule has 6 rings (SSSR count). The van der Waals surface area contributed by atoms with Gasteiger partial charge in [0.15, 0.2) is 46.0 Å². The molecule has 0 fully saturated rings. The lowest BCUT2D eigenvalue weighted by Crippen LogP contribution is -2.28. The SMILES string of the molecule is COc1ccc(CCn2c(C(C(=O)OCC(Cl)(Cl)Cl)c3ccc(OC)c(OC)c3)c(-c3ccc(OC)c(OC)c3)c(-c3ccc(OC)c(OC)c3)c2C(C(=O)OCC(Cl)(Cl)Cl)c2ccc(OC)c(OC)c2)cc1. The third-order valence-electron chi connectivity index (χ3n) is 11.7. The maximum Gasteiger partial charge on any atom is 0.319 e. The summed E-state index contributed by atoms with van der Waals surface area (Å²) in [6.45, 7) is -1.22. The van der Waals surface area contributed by atoms with Crippen molar-refractivity contribution >= 4 is 81.5 Å². The van der Waals surface area contributed by atoms with Crippen LogP contribution >= 0.6 is 69.6 Å². The summed E-state index contributed by atoms with van der Waals surface area (Å²) >= 11 is 37.8. The zero-order valence-corrected chi connectivity index (χ0v) is 45.8. The molecule has 390 valence electrons. The van der Waals surface area contributed by atoms with Crippen LogP contribution in [0, 0.1) is 0 Å². The Bertz CT molecular complexity index is 2710. The van der Waals surface area contributed by atoms with Gasteiger partial charge < -0.3 is 56.7 Å². The number of hydrogen-bond acceptors (Lipinski definition) is 13. The molecule has 1 heterocycles. The Morgan fingerprint density at radius 1 is 0.438 bits per heavy atom. The lowest BCUT2D eigenvalue weighted by molar-refractivity contribution is -0.145. The average molecular weight is 1120 g/mol. The van der Waals surface area contributed by atoms with E-state index < -0.39 is 44.6 Å². The number of benzene rings is 5. The Balaban J connectivity index is 1.94. The molecule has 73 heavy (non-hydrogen) atoms. The third kappa shape index (κ3) is 13.3. The van der Waals surface area contributed by atoms with Crippen molar-refractivity contribution in [2.24, 2.45) is 0 Å². The van der Waals surface area contributed by atoms with E-state index in [-0.39, 0.29) is 18.0 Å². The first-order chi connectivity index (χ1) is 34.9. The number of nitrogens with zero attached hydrogens (tertiary/aromatic N) is 1. The lowest BCUT2D eigenvalue weighted by atomic mass is 9.85. The Labute approximate surface area is 453 Å². The Morgan fingerprint density at radius 2 is 0.781 bits per heavy atom. The predicted molar refractivity (Wildman–Crippen MR) is 283 cm³/mol. The zero-order chi connectivity index (χ0) is 53.2. The zero-order valence-electron chi connectivity index (χ0n) is 41.2. The van der Waals surface area contributed by atoms with Gasteiger partial charge in [0.1, 0.15) is 30.8 Å². The van der Waals surface area contributed by atoms with Crippen molar-refractivity contribution in [2.75, 3.05) is 77.2 Å². The molecule has 0 spiro atoms. The number of rotatable bonds is 22. The Kier molecular flexibility index (Phi) is 19.4. The number of alkyl halides is 6. The number of hydrogen-bond donors (Lipinski definition) is 0. The van der Waals surface area contributed by atoms with Gasteiger partial charge in [-0.1, -0.05) is 106 Å². The summed E-state index contributed by atoms with van der Waals surface area (Å²) in [4.78, 5) is 31.0. The van der Waals surface area contributed by atoms with Crippen LogP contribution in [-0.2, 0) is 32.0 Å². The second-order valence-electron chi connectivity index (χ2n) is 16.0. The highest BCUT2D eigenvalue weighted by Gasteiger charge is 2.42. The highest BCUT2D eigenvalue weighted by Crippen LogP contribution is 2.52. The van der Waals surface area contributed by atoms with Crippen LogP contribution < -0.4 is 42.6 Å². The predicted octanol–water partition coefficient (Wildman–Crippen LogP) is 12.2. The summed E-state index contributed by atoms with van der Waals surface area (Å²) in [7, 11) is 13.5. The van der Waals surface area contributed by atoms with Crippen LogP contribution in [-0.4, -0.2) is 101 Å². The van der Waals surface area contributed by atoms with Gasteiger partial charge in [-0.15, -0.1) is 0 Å². The number of esters is 2. The number of ether oxygens (including phenoxy) is 11. The molecule has 6 aromatic rings. The minimum Gasteiger partial charge on any atom is -0.497 e. The quantitative estimate of drug-likeness (QED) is 0.0471. The van der Waals surface area contributed by atoms with Crippen LogP contribution in [0.1, 0.15) is 39.9 Å². The topological polar surface area (TPSA) is 141 Å². The van der Waals surface area contributed by atoms with Gasteiger partial charge in [-0.25, -0.2) is 0 Å². The van der Waals surface area contributed by atoms with Gasteiger partial charge in [-0.2, -0.15) is 0 Å². The Morgan fingerprint density at radius 3 is 1.11 bits per heavy atom. The highest BCUT2D eigenvalue weighted by atomic mass is 35.6. The third-order valence-corrected chi connectivity index (χ3v) is 12.4.